The van der Waals surface area contributed by atoms with Gasteiger partial charge in [-0.15, -0.1) is 0 Å². The summed E-state index contributed by atoms with van der Waals surface area (Å²) in [5.74, 6) is 1.38. The Hall–Kier alpha value is -3.83. The fourth-order valence-corrected chi connectivity index (χ4v) is 4.43. The number of aliphatic hydroxyl groups excluding tert-OH is 1. The first-order valence-corrected chi connectivity index (χ1v) is 14.1. The van der Waals surface area contributed by atoms with Crippen molar-refractivity contribution in [2.45, 2.75) is 70.6 Å². The second-order valence-corrected chi connectivity index (χ2v) is 11.0. The van der Waals surface area contributed by atoms with E-state index in [4.69, 9.17) is 33.8 Å². The molecule has 0 radical (unpaired) electrons. The maximum absolute atomic E-state index is 13.7. The van der Waals surface area contributed by atoms with E-state index in [1.54, 1.807) is 66.2 Å². The lowest BCUT2D eigenvalue weighted by Crippen LogP contribution is -2.55. The molecule has 11 nitrogen and oxygen atoms in total. The van der Waals surface area contributed by atoms with Gasteiger partial charge in [0.05, 0.1) is 20.8 Å². The van der Waals surface area contributed by atoms with Gasteiger partial charge in [-0.1, -0.05) is 6.07 Å². The number of benzene rings is 2. The lowest BCUT2D eigenvalue weighted by atomic mass is 9.88. The molecule has 3 N–H and O–H groups in total. The highest BCUT2D eigenvalue weighted by molar-refractivity contribution is 6.00. The van der Waals surface area contributed by atoms with Crippen molar-refractivity contribution < 1.29 is 38.4 Å². The number of esters is 1. The number of aliphatic hydroxyl groups is 1. The number of carbonyl (C=O) groups is 2. The number of hydrogen-bond acceptors (Lipinski definition) is 10. The molecule has 0 spiro atoms. The molecule has 1 aliphatic heterocycles. The van der Waals surface area contributed by atoms with Crippen LogP contribution >= 0.6 is 0 Å². The maximum Gasteiger partial charge on any atom is 0.306 e. The van der Waals surface area contributed by atoms with Gasteiger partial charge < -0.3 is 28.8 Å². The minimum atomic E-state index is -1.36. The molecule has 1 amide bonds. The van der Waals surface area contributed by atoms with E-state index in [1.807, 2.05) is 18.2 Å². The van der Waals surface area contributed by atoms with Gasteiger partial charge in [-0.25, -0.2) is 10.4 Å². The monoisotopic (exact) mass is 585 g/mol. The molecule has 0 unspecified atom stereocenters. The third-order valence-electron chi connectivity index (χ3n) is 6.65. The zero-order chi connectivity index (χ0) is 30.8. The lowest BCUT2D eigenvalue weighted by Gasteiger charge is -2.28. The zero-order valence-corrected chi connectivity index (χ0v) is 25.3. The Morgan fingerprint density at radius 2 is 1.79 bits per heavy atom. The normalized spacial score (nSPS) is 18.1. The average molecular weight is 586 g/mol. The molecule has 230 valence electrons. The Balaban J connectivity index is 1.73. The van der Waals surface area contributed by atoms with Crippen molar-refractivity contribution in [2.24, 2.45) is 4.99 Å². The molecule has 0 aromatic heterocycles. The van der Waals surface area contributed by atoms with Crippen LogP contribution in [0.1, 0.15) is 58.1 Å². The third kappa shape index (κ3) is 8.83. The van der Waals surface area contributed by atoms with Crippen LogP contribution in [0.5, 0.6) is 17.2 Å². The van der Waals surface area contributed by atoms with Gasteiger partial charge in [0.1, 0.15) is 17.5 Å². The summed E-state index contributed by atoms with van der Waals surface area (Å²) in [6, 6.07) is 12.8. The Morgan fingerprint density at radius 3 is 2.43 bits per heavy atom. The SMILES string of the molecule is COc1ccc(CCNNC(=O)[C@@]2(CCC(=O)OC(C)(C)C)N=C(c3ccc(OCCCO)cc3)O[C@H]2C)cc1OC. The number of amides is 1. The van der Waals surface area contributed by atoms with Crippen LogP contribution in [-0.4, -0.2) is 74.1 Å². The summed E-state index contributed by atoms with van der Waals surface area (Å²) in [5, 5.41) is 8.95. The maximum atomic E-state index is 13.7. The van der Waals surface area contributed by atoms with Crippen molar-refractivity contribution in [2.75, 3.05) is 34.0 Å². The first kappa shape index (κ1) is 32.7. The minimum Gasteiger partial charge on any atom is -0.494 e. The van der Waals surface area contributed by atoms with Gasteiger partial charge in [-0.3, -0.25) is 15.0 Å². The van der Waals surface area contributed by atoms with Crippen LogP contribution in [0.3, 0.4) is 0 Å². The predicted molar refractivity (Wildman–Crippen MR) is 158 cm³/mol. The van der Waals surface area contributed by atoms with Crippen molar-refractivity contribution in [1.82, 2.24) is 10.9 Å². The highest BCUT2D eigenvalue weighted by Crippen LogP contribution is 2.34. The van der Waals surface area contributed by atoms with Gasteiger partial charge in [-0.2, -0.15) is 0 Å². The number of ether oxygens (including phenoxy) is 5. The van der Waals surface area contributed by atoms with Gasteiger partial charge >= 0.3 is 5.97 Å². The van der Waals surface area contributed by atoms with Crippen molar-refractivity contribution in [3.63, 3.8) is 0 Å². The Bertz CT molecular complexity index is 1230. The highest BCUT2D eigenvalue weighted by atomic mass is 16.6. The van der Waals surface area contributed by atoms with E-state index in [9.17, 15) is 9.59 Å². The van der Waals surface area contributed by atoms with Crippen LogP contribution in [0.25, 0.3) is 0 Å². The van der Waals surface area contributed by atoms with E-state index < -0.39 is 29.1 Å². The first-order chi connectivity index (χ1) is 20.0. The highest BCUT2D eigenvalue weighted by Gasteiger charge is 2.50. The molecule has 42 heavy (non-hydrogen) atoms. The first-order valence-electron chi connectivity index (χ1n) is 14.1. The van der Waals surface area contributed by atoms with E-state index in [-0.39, 0.29) is 19.4 Å². The molecule has 1 heterocycles. The summed E-state index contributed by atoms with van der Waals surface area (Å²) in [6.45, 7) is 8.05. The Kier molecular flexibility index (Phi) is 11.6. The zero-order valence-electron chi connectivity index (χ0n) is 25.3. The molecule has 2 aromatic rings. The number of nitrogens with zero attached hydrogens (tertiary/aromatic N) is 1. The summed E-state index contributed by atoms with van der Waals surface area (Å²) in [7, 11) is 3.16. The Morgan fingerprint density at radius 1 is 1.07 bits per heavy atom. The molecule has 11 heteroatoms. The molecule has 0 fully saturated rings. The topological polar surface area (TPSA) is 137 Å². The fraction of sp³-hybridized carbons (Fsp3) is 0.516. The van der Waals surface area contributed by atoms with Crippen molar-refractivity contribution >= 4 is 17.8 Å². The van der Waals surface area contributed by atoms with Gasteiger partial charge in [0.2, 0.25) is 5.90 Å². The lowest BCUT2D eigenvalue weighted by molar-refractivity contribution is -0.155. The van der Waals surface area contributed by atoms with E-state index in [0.717, 1.165) is 5.56 Å². The molecule has 0 bridgehead atoms. The van der Waals surface area contributed by atoms with Crippen LogP contribution in [-0.2, 0) is 25.5 Å². The molecule has 0 saturated heterocycles. The molecule has 3 rings (SSSR count). The van der Waals surface area contributed by atoms with Crippen molar-refractivity contribution in [1.29, 1.82) is 0 Å². The number of hydrazine groups is 1. The van der Waals surface area contributed by atoms with Crippen LogP contribution in [0, 0.1) is 0 Å². The molecule has 2 atom stereocenters. The van der Waals surface area contributed by atoms with Gasteiger partial charge in [0.15, 0.2) is 17.0 Å². The summed E-state index contributed by atoms with van der Waals surface area (Å²) >= 11 is 0. The van der Waals surface area contributed by atoms with Crippen LogP contribution in [0.15, 0.2) is 47.5 Å². The molecule has 2 aromatic carbocycles. The van der Waals surface area contributed by atoms with Crippen LogP contribution in [0.4, 0.5) is 0 Å². The van der Waals surface area contributed by atoms with Crippen molar-refractivity contribution in [3.8, 4) is 17.2 Å². The van der Waals surface area contributed by atoms with Gasteiger partial charge in [0.25, 0.3) is 5.91 Å². The number of aliphatic imine (C=N–C) groups is 1. The standard InChI is InChI=1S/C31H43N3O8/c1-21-31(16-14-27(36)42-30(2,3)4,33-28(41-21)23-9-11-24(12-10-23)40-19-7-18-35)29(37)34-32-17-15-22-8-13-25(38-5)26(20-22)39-6/h8-13,20-21,32,35H,7,14-19H2,1-6H3,(H,34,37)/t21-,31-/m0/s1. The van der Waals surface area contributed by atoms with Gasteiger partial charge in [-0.05, 0) is 82.5 Å². The predicted octanol–water partition coefficient (Wildman–Crippen LogP) is 3.35. The smallest absolute Gasteiger partial charge is 0.306 e. The molecule has 1 aliphatic rings. The number of hydrogen-bond donors (Lipinski definition) is 3. The number of rotatable bonds is 15. The Labute approximate surface area is 247 Å². The third-order valence-corrected chi connectivity index (χ3v) is 6.65. The van der Waals surface area contributed by atoms with E-state index in [0.29, 0.717) is 54.7 Å². The fourth-order valence-electron chi connectivity index (χ4n) is 4.43. The second kappa shape index (κ2) is 14.9. The van der Waals surface area contributed by atoms with Crippen LogP contribution in [0.2, 0.25) is 0 Å². The largest absolute Gasteiger partial charge is 0.494 e. The average Bonchev–Trinajstić information content (AvgIpc) is 3.30. The van der Waals surface area contributed by atoms with E-state index in [2.05, 4.69) is 10.9 Å². The minimum absolute atomic E-state index is 0.0154. The van der Waals surface area contributed by atoms with E-state index in [1.165, 1.54) is 0 Å². The molecular formula is C31H43N3O8. The number of methoxy groups -OCH3 is 2. The molecule has 0 aliphatic carbocycles. The number of nitrogens with one attached hydrogen (secondary N) is 2. The summed E-state index contributed by atoms with van der Waals surface area (Å²) in [6.07, 6.45) is 0.574. The summed E-state index contributed by atoms with van der Waals surface area (Å²) in [5.41, 5.74) is 5.42. The summed E-state index contributed by atoms with van der Waals surface area (Å²) < 4.78 is 27.8. The van der Waals surface area contributed by atoms with Gasteiger partial charge in [0, 0.05) is 31.6 Å². The molecular weight excluding hydrogens is 542 g/mol. The van der Waals surface area contributed by atoms with E-state index >= 15 is 0 Å². The second-order valence-electron chi connectivity index (χ2n) is 11.0. The summed E-state index contributed by atoms with van der Waals surface area (Å²) in [4.78, 5) is 31.0. The molecule has 0 saturated carbocycles. The quantitative estimate of drug-likeness (QED) is 0.163. The van der Waals surface area contributed by atoms with Crippen LogP contribution < -0.4 is 25.1 Å². The van der Waals surface area contributed by atoms with Crippen molar-refractivity contribution in [3.05, 3.63) is 53.6 Å². The number of carbonyl (C=O) groups excluding carboxylic acids is 2.